The number of aromatic nitrogens is 2. The fourth-order valence-corrected chi connectivity index (χ4v) is 4.84. The van der Waals surface area contributed by atoms with Crippen LogP contribution in [0.1, 0.15) is 5.56 Å². The summed E-state index contributed by atoms with van der Waals surface area (Å²) in [4.78, 5) is 18.9. The molecular formula is C25H17ClN2O3S. The molecule has 5 nitrogen and oxygen atoms in total. The standard InChI is InChI=1S/C25H17ClN2O3S/c1-31-19-13-15(12-18(26)23(19)29)14-20-24(30)28-22(17-10-6-3-7-11-17)21(27-25(28)32-20)16-8-4-2-5-9-16/h2-14,29H,1H3. The van der Waals surface area contributed by atoms with Crippen LogP contribution in [0, 0.1) is 0 Å². The molecule has 1 N–H and O–H groups in total. The van der Waals surface area contributed by atoms with E-state index in [1.807, 2.05) is 60.7 Å². The molecule has 2 heterocycles. The molecule has 0 aliphatic heterocycles. The Morgan fingerprint density at radius 2 is 1.69 bits per heavy atom. The Bertz CT molecular complexity index is 1540. The Hall–Kier alpha value is -3.61. The van der Waals surface area contributed by atoms with E-state index in [0.29, 0.717) is 15.1 Å². The lowest BCUT2D eigenvalue weighted by atomic mass is 10.1. The maximum absolute atomic E-state index is 13.5. The normalized spacial score (nSPS) is 11.9. The van der Waals surface area contributed by atoms with Crippen LogP contribution in [0.25, 0.3) is 33.6 Å². The maximum atomic E-state index is 13.5. The molecular weight excluding hydrogens is 444 g/mol. The van der Waals surface area contributed by atoms with Crippen LogP contribution < -0.4 is 14.8 Å². The van der Waals surface area contributed by atoms with Crippen molar-refractivity contribution >= 4 is 34.0 Å². The molecule has 7 heteroatoms. The first-order valence-electron chi connectivity index (χ1n) is 9.81. The molecule has 0 atom stereocenters. The maximum Gasteiger partial charge on any atom is 0.274 e. The number of aromatic hydroxyl groups is 1. The monoisotopic (exact) mass is 460 g/mol. The van der Waals surface area contributed by atoms with Crippen molar-refractivity contribution in [1.29, 1.82) is 0 Å². The van der Waals surface area contributed by atoms with Gasteiger partial charge in [-0.1, -0.05) is 83.6 Å². The Labute approximate surface area is 192 Å². The summed E-state index contributed by atoms with van der Waals surface area (Å²) in [6, 6.07) is 22.8. The number of benzene rings is 3. The van der Waals surface area contributed by atoms with Crippen LogP contribution in [0.5, 0.6) is 11.5 Å². The third-order valence-electron chi connectivity index (χ3n) is 5.12. The highest BCUT2D eigenvalue weighted by molar-refractivity contribution is 7.15. The van der Waals surface area contributed by atoms with E-state index in [0.717, 1.165) is 22.5 Å². The molecule has 158 valence electrons. The second-order valence-electron chi connectivity index (χ2n) is 7.13. The van der Waals surface area contributed by atoms with Gasteiger partial charge in [-0.05, 0) is 23.8 Å². The fraction of sp³-hybridized carbons (Fsp3) is 0.0400. The number of fused-ring (bicyclic) bond motifs is 1. The van der Waals surface area contributed by atoms with Crippen molar-refractivity contribution in [2.75, 3.05) is 7.11 Å². The Kier molecular flexibility index (Phi) is 5.17. The largest absolute Gasteiger partial charge is 0.503 e. The molecule has 0 saturated heterocycles. The van der Waals surface area contributed by atoms with Crippen LogP contribution in [0.2, 0.25) is 5.02 Å². The first kappa shape index (κ1) is 20.3. The molecule has 5 rings (SSSR count). The molecule has 0 aliphatic carbocycles. The molecule has 0 amide bonds. The van der Waals surface area contributed by atoms with E-state index in [1.54, 1.807) is 22.6 Å². The van der Waals surface area contributed by atoms with Gasteiger partial charge in [0.2, 0.25) is 0 Å². The van der Waals surface area contributed by atoms with Crippen LogP contribution in [0.3, 0.4) is 0 Å². The number of halogens is 1. The Balaban J connectivity index is 1.77. The summed E-state index contributed by atoms with van der Waals surface area (Å²) >= 11 is 7.42. The topological polar surface area (TPSA) is 63.8 Å². The zero-order chi connectivity index (χ0) is 22.2. The fourth-order valence-electron chi connectivity index (χ4n) is 3.64. The molecule has 0 bridgehead atoms. The van der Waals surface area contributed by atoms with E-state index in [1.165, 1.54) is 18.4 Å². The van der Waals surface area contributed by atoms with Crippen molar-refractivity contribution in [3.8, 4) is 34.0 Å². The minimum atomic E-state index is -0.165. The quantitative estimate of drug-likeness (QED) is 0.409. The number of imidazole rings is 1. The van der Waals surface area contributed by atoms with Gasteiger partial charge in [0.05, 0.1) is 28.1 Å². The number of thiazole rings is 1. The number of hydrogen-bond donors (Lipinski definition) is 1. The van der Waals surface area contributed by atoms with Gasteiger partial charge in [-0.3, -0.25) is 4.79 Å². The van der Waals surface area contributed by atoms with E-state index in [-0.39, 0.29) is 22.1 Å². The predicted molar refractivity (Wildman–Crippen MR) is 129 cm³/mol. The molecule has 0 aliphatic rings. The van der Waals surface area contributed by atoms with Gasteiger partial charge in [-0.2, -0.15) is 0 Å². The van der Waals surface area contributed by atoms with Crippen LogP contribution in [0.15, 0.2) is 77.6 Å². The van der Waals surface area contributed by atoms with E-state index >= 15 is 0 Å². The number of phenolic OH excluding ortho intramolecular Hbond substituents is 1. The molecule has 0 fully saturated rings. The number of nitrogens with zero attached hydrogens (tertiary/aromatic N) is 2. The highest BCUT2D eigenvalue weighted by Crippen LogP contribution is 2.35. The number of phenols is 1. The average molecular weight is 461 g/mol. The van der Waals surface area contributed by atoms with Gasteiger partial charge in [0.15, 0.2) is 16.5 Å². The number of hydrogen-bond acceptors (Lipinski definition) is 5. The number of methoxy groups -OCH3 is 1. The second-order valence-corrected chi connectivity index (χ2v) is 8.54. The number of rotatable bonds is 4. The summed E-state index contributed by atoms with van der Waals surface area (Å²) in [6.07, 6.45) is 1.73. The van der Waals surface area contributed by atoms with Crippen molar-refractivity contribution in [3.05, 3.63) is 98.3 Å². The highest BCUT2D eigenvalue weighted by Gasteiger charge is 2.20. The van der Waals surface area contributed by atoms with Crippen molar-refractivity contribution in [1.82, 2.24) is 9.38 Å². The lowest BCUT2D eigenvalue weighted by Crippen LogP contribution is -2.23. The van der Waals surface area contributed by atoms with Gasteiger partial charge in [0.25, 0.3) is 5.56 Å². The Morgan fingerprint density at radius 1 is 1.03 bits per heavy atom. The third-order valence-corrected chi connectivity index (χ3v) is 6.38. The minimum absolute atomic E-state index is 0.131. The molecule has 0 saturated carbocycles. The summed E-state index contributed by atoms with van der Waals surface area (Å²) in [7, 11) is 1.45. The summed E-state index contributed by atoms with van der Waals surface area (Å²) in [5, 5.41) is 10.1. The van der Waals surface area contributed by atoms with Gasteiger partial charge < -0.3 is 9.84 Å². The summed E-state index contributed by atoms with van der Waals surface area (Å²) in [5.74, 6) is 0.113. The van der Waals surface area contributed by atoms with Crippen molar-refractivity contribution in [3.63, 3.8) is 0 Å². The van der Waals surface area contributed by atoms with Crippen LogP contribution in [-0.4, -0.2) is 21.6 Å². The smallest absolute Gasteiger partial charge is 0.274 e. The molecule has 0 spiro atoms. The van der Waals surface area contributed by atoms with Crippen molar-refractivity contribution < 1.29 is 9.84 Å². The lowest BCUT2D eigenvalue weighted by Gasteiger charge is -2.06. The van der Waals surface area contributed by atoms with Gasteiger partial charge in [-0.15, -0.1) is 0 Å². The van der Waals surface area contributed by atoms with Gasteiger partial charge in [-0.25, -0.2) is 9.38 Å². The molecule has 3 aromatic carbocycles. The van der Waals surface area contributed by atoms with Crippen LogP contribution in [-0.2, 0) is 0 Å². The average Bonchev–Trinajstić information content (AvgIpc) is 3.34. The minimum Gasteiger partial charge on any atom is -0.503 e. The van der Waals surface area contributed by atoms with Crippen LogP contribution in [0.4, 0.5) is 0 Å². The summed E-state index contributed by atoms with van der Waals surface area (Å²) in [6.45, 7) is 0. The summed E-state index contributed by atoms with van der Waals surface area (Å²) < 4.78 is 7.34. The van der Waals surface area contributed by atoms with Crippen molar-refractivity contribution in [2.24, 2.45) is 0 Å². The molecule has 0 radical (unpaired) electrons. The summed E-state index contributed by atoms with van der Waals surface area (Å²) in [5.41, 5.74) is 3.87. The lowest BCUT2D eigenvalue weighted by molar-refractivity contribution is 0.373. The number of ether oxygens (including phenoxy) is 1. The first-order valence-corrected chi connectivity index (χ1v) is 11.0. The zero-order valence-corrected chi connectivity index (χ0v) is 18.5. The molecule has 0 unspecified atom stereocenters. The van der Waals surface area contributed by atoms with Gasteiger partial charge in [0, 0.05) is 11.1 Å². The predicted octanol–water partition coefficient (Wildman–Crippen LogP) is 5.01. The SMILES string of the molecule is COc1cc(C=c2sc3nc(-c4ccccc4)c(-c4ccccc4)n3c2=O)cc(Cl)c1O. The van der Waals surface area contributed by atoms with E-state index in [9.17, 15) is 9.90 Å². The highest BCUT2D eigenvalue weighted by atomic mass is 35.5. The second kappa shape index (κ2) is 8.15. The first-order chi connectivity index (χ1) is 15.6. The van der Waals surface area contributed by atoms with Gasteiger partial charge in [0.1, 0.15) is 0 Å². The van der Waals surface area contributed by atoms with Crippen molar-refractivity contribution in [2.45, 2.75) is 0 Å². The Morgan fingerprint density at radius 3 is 2.34 bits per heavy atom. The zero-order valence-electron chi connectivity index (χ0n) is 16.9. The van der Waals surface area contributed by atoms with E-state index in [2.05, 4.69) is 0 Å². The van der Waals surface area contributed by atoms with Crippen LogP contribution >= 0.6 is 22.9 Å². The van der Waals surface area contributed by atoms with E-state index in [4.69, 9.17) is 21.3 Å². The third kappa shape index (κ3) is 3.43. The van der Waals surface area contributed by atoms with E-state index < -0.39 is 0 Å². The van der Waals surface area contributed by atoms with Gasteiger partial charge >= 0.3 is 0 Å². The molecule has 2 aromatic heterocycles. The molecule has 5 aromatic rings. The molecule has 32 heavy (non-hydrogen) atoms.